The third kappa shape index (κ3) is 4.36. The molecule has 0 saturated carbocycles. The number of rotatable bonds is 5. The minimum atomic E-state index is -0.508. The summed E-state index contributed by atoms with van der Waals surface area (Å²) in [5.41, 5.74) is 1.24. The molecule has 2 heterocycles. The van der Waals surface area contributed by atoms with Gasteiger partial charge in [-0.3, -0.25) is 19.6 Å². The number of amides is 1. The number of halogens is 2. The van der Waals surface area contributed by atoms with Crippen molar-refractivity contribution in [1.29, 1.82) is 0 Å². The molecule has 0 bridgehead atoms. The van der Waals surface area contributed by atoms with Crippen LogP contribution in [-0.2, 0) is 6.54 Å². The highest BCUT2D eigenvalue weighted by molar-refractivity contribution is 7.12. The van der Waals surface area contributed by atoms with Gasteiger partial charge >= 0.3 is 5.69 Å². The minimum absolute atomic E-state index is 0.0777. The second-order valence-corrected chi connectivity index (χ2v) is 6.87. The van der Waals surface area contributed by atoms with Crippen molar-refractivity contribution < 1.29 is 9.72 Å². The average Bonchev–Trinajstić information content (AvgIpc) is 3.16. The van der Waals surface area contributed by atoms with Gasteiger partial charge in [0.1, 0.15) is 12.4 Å². The second-order valence-electron chi connectivity index (χ2n) is 5.08. The van der Waals surface area contributed by atoms with E-state index >= 15 is 0 Å². The van der Waals surface area contributed by atoms with Gasteiger partial charge in [0.15, 0.2) is 0 Å². The first-order valence-corrected chi connectivity index (χ1v) is 8.56. The van der Waals surface area contributed by atoms with E-state index < -0.39 is 4.92 Å². The number of benzene rings is 1. The summed E-state index contributed by atoms with van der Waals surface area (Å²) in [7, 11) is 0. The third-order valence-electron chi connectivity index (χ3n) is 3.17. The second kappa shape index (κ2) is 7.22. The van der Waals surface area contributed by atoms with Gasteiger partial charge in [0, 0.05) is 15.7 Å². The zero-order valence-corrected chi connectivity index (χ0v) is 14.8. The van der Waals surface area contributed by atoms with Crippen molar-refractivity contribution in [3.8, 4) is 0 Å². The van der Waals surface area contributed by atoms with Crippen LogP contribution in [0.5, 0.6) is 0 Å². The summed E-state index contributed by atoms with van der Waals surface area (Å²) in [4.78, 5) is 22.9. The van der Waals surface area contributed by atoms with Gasteiger partial charge in [-0.1, -0.05) is 23.2 Å². The number of hydrogen-bond donors (Lipinski definition) is 1. The molecule has 1 N–H and O–H groups in total. The zero-order valence-electron chi connectivity index (χ0n) is 12.5. The highest BCUT2D eigenvalue weighted by atomic mass is 35.5. The van der Waals surface area contributed by atoms with Crippen molar-refractivity contribution in [2.24, 2.45) is 0 Å². The van der Waals surface area contributed by atoms with Gasteiger partial charge in [-0.05, 0) is 35.2 Å². The van der Waals surface area contributed by atoms with Crippen molar-refractivity contribution in [3.05, 3.63) is 72.6 Å². The molecule has 3 aromatic rings. The highest BCUT2D eigenvalue weighted by Gasteiger charge is 2.13. The van der Waals surface area contributed by atoms with Crippen molar-refractivity contribution in [2.75, 3.05) is 5.32 Å². The van der Waals surface area contributed by atoms with Gasteiger partial charge in [-0.25, -0.2) is 0 Å². The highest BCUT2D eigenvalue weighted by Crippen LogP contribution is 2.24. The Balaban J connectivity index is 1.69. The van der Waals surface area contributed by atoms with Gasteiger partial charge in [-0.2, -0.15) is 5.10 Å². The molecule has 25 heavy (non-hydrogen) atoms. The Morgan fingerprint density at radius 3 is 2.64 bits per heavy atom. The predicted octanol–water partition coefficient (Wildman–Crippen LogP) is 4.46. The molecule has 128 valence electrons. The quantitative estimate of drug-likeness (QED) is 0.508. The number of nitrogens with zero attached hydrogens (tertiary/aromatic N) is 3. The largest absolute Gasteiger partial charge is 0.321 e. The van der Waals surface area contributed by atoms with Crippen LogP contribution in [-0.4, -0.2) is 20.6 Å². The van der Waals surface area contributed by atoms with E-state index in [1.807, 2.05) is 0 Å². The molecule has 7 nitrogen and oxygen atoms in total. The first-order chi connectivity index (χ1) is 11.9. The summed E-state index contributed by atoms with van der Waals surface area (Å²) in [5, 5.41) is 20.0. The van der Waals surface area contributed by atoms with Gasteiger partial charge in [0.05, 0.1) is 16.3 Å². The summed E-state index contributed by atoms with van der Waals surface area (Å²) in [6.45, 7) is 0.334. The van der Waals surface area contributed by atoms with Crippen molar-refractivity contribution in [3.63, 3.8) is 0 Å². The number of carbonyl (C=O) groups excluding carboxylic acids is 1. The standard InChI is InChI=1S/C15H10Cl2N4O3S/c16-10-2-11(17)4-12(3-10)19-15(22)14-1-9(8-25-14)6-20-7-13(5-18-20)21(23)24/h1-5,7-8H,6H2,(H,19,22). The fourth-order valence-corrected chi connectivity index (χ4v) is 3.44. The van der Waals surface area contributed by atoms with Crippen LogP contribution in [0.2, 0.25) is 10.0 Å². The lowest BCUT2D eigenvalue weighted by atomic mass is 10.3. The van der Waals surface area contributed by atoms with E-state index in [2.05, 4.69) is 10.4 Å². The molecule has 1 amide bonds. The fourth-order valence-electron chi connectivity index (χ4n) is 2.12. The molecule has 0 saturated heterocycles. The fraction of sp³-hybridized carbons (Fsp3) is 0.0667. The number of nitrogens with one attached hydrogen (secondary N) is 1. The lowest BCUT2D eigenvalue weighted by molar-refractivity contribution is -0.385. The maximum atomic E-state index is 12.3. The van der Waals surface area contributed by atoms with Gasteiger partial charge in [-0.15, -0.1) is 11.3 Å². The molecule has 0 aliphatic carbocycles. The van der Waals surface area contributed by atoms with Gasteiger partial charge in [0.25, 0.3) is 5.91 Å². The van der Waals surface area contributed by atoms with Crippen LogP contribution in [0.25, 0.3) is 0 Å². The van der Waals surface area contributed by atoms with Crippen LogP contribution < -0.4 is 5.32 Å². The summed E-state index contributed by atoms with van der Waals surface area (Å²) in [5.74, 6) is -0.291. The molecule has 10 heteroatoms. The van der Waals surface area contributed by atoms with E-state index in [4.69, 9.17) is 23.2 Å². The van der Waals surface area contributed by atoms with Gasteiger partial charge in [0.2, 0.25) is 0 Å². The molecular weight excluding hydrogens is 387 g/mol. The number of thiophene rings is 1. The maximum absolute atomic E-state index is 12.3. The molecule has 1 aromatic carbocycles. The van der Waals surface area contributed by atoms with Crippen LogP contribution in [0, 0.1) is 10.1 Å². The minimum Gasteiger partial charge on any atom is -0.321 e. The van der Waals surface area contributed by atoms with E-state index in [0.29, 0.717) is 27.2 Å². The van der Waals surface area contributed by atoms with E-state index in [1.165, 1.54) is 28.4 Å². The molecule has 0 radical (unpaired) electrons. The summed E-state index contributed by atoms with van der Waals surface area (Å²) < 4.78 is 1.44. The molecule has 0 aliphatic rings. The Kier molecular flexibility index (Phi) is 5.03. The number of anilines is 1. The molecule has 0 aliphatic heterocycles. The van der Waals surface area contributed by atoms with Crippen LogP contribution >= 0.6 is 34.5 Å². The van der Waals surface area contributed by atoms with E-state index in [1.54, 1.807) is 29.6 Å². The topological polar surface area (TPSA) is 90.1 Å². The Morgan fingerprint density at radius 2 is 2.00 bits per heavy atom. The van der Waals surface area contributed by atoms with Crippen molar-refractivity contribution in [2.45, 2.75) is 6.54 Å². The Bertz CT molecular complexity index is 934. The third-order valence-corrected chi connectivity index (χ3v) is 4.59. The number of nitro groups is 1. The Morgan fingerprint density at radius 1 is 1.28 bits per heavy atom. The molecule has 0 spiro atoms. The molecule has 3 rings (SSSR count). The normalized spacial score (nSPS) is 10.6. The average molecular weight is 397 g/mol. The predicted molar refractivity (Wildman–Crippen MR) is 96.7 cm³/mol. The monoisotopic (exact) mass is 396 g/mol. The zero-order chi connectivity index (χ0) is 18.0. The molecule has 0 unspecified atom stereocenters. The molecular formula is C15H10Cl2N4O3S. The number of carbonyl (C=O) groups is 1. The maximum Gasteiger partial charge on any atom is 0.307 e. The van der Waals surface area contributed by atoms with E-state index in [-0.39, 0.29) is 11.6 Å². The summed E-state index contributed by atoms with van der Waals surface area (Å²) in [6, 6.07) is 6.48. The first kappa shape index (κ1) is 17.4. The molecule has 0 atom stereocenters. The number of aromatic nitrogens is 2. The lowest BCUT2D eigenvalue weighted by Crippen LogP contribution is -2.10. The van der Waals surface area contributed by atoms with Crippen LogP contribution in [0.3, 0.4) is 0 Å². The van der Waals surface area contributed by atoms with Crippen LogP contribution in [0.15, 0.2) is 42.0 Å². The lowest BCUT2D eigenvalue weighted by Gasteiger charge is -2.04. The van der Waals surface area contributed by atoms with E-state index in [0.717, 1.165) is 5.56 Å². The number of hydrogen-bond acceptors (Lipinski definition) is 5. The first-order valence-electron chi connectivity index (χ1n) is 6.92. The SMILES string of the molecule is O=C(Nc1cc(Cl)cc(Cl)c1)c1cc(Cn2cc([N+](=O)[O-])cn2)cs1. The smallest absolute Gasteiger partial charge is 0.307 e. The summed E-state index contributed by atoms with van der Waals surface area (Å²) >= 11 is 13.1. The van der Waals surface area contributed by atoms with Gasteiger partial charge < -0.3 is 5.32 Å². The Hall–Kier alpha value is -2.42. The molecule has 0 fully saturated rings. The van der Waals surface area contributed by atoms with Crippen molar-refractivity contribution >= 4 is 51.8 Å². The van der Waals surface area contributed by atoms with E-state index in [9.17, 15) is 14.9 Å². The van der Waals surface area contributed by atoms with Crippen LogP contribution in [0.1, 0.15) is 15.2 Å². The Labute approximate surface area is 155 Å². The molecule has 2 aromatic heterocycles. The van der Waals surface area contributed by atoms with Crippen LogP contribution in [0.4, 0.5) is 11.4 Å². The summed E-state index contributed by atoms with van der Waals surface area (Å²) in [6.07, 6.45) is 2.52. The van der Waals surface area contributed by atoms with Crippen molar-refractivity contribution in [1.82, 2.24) is 9.78 Å².